The standard InChI is InChI=1S/C12H15ClN4OS/c1-3-7(2)15-10(18)6-19-12-16-9-4-8(13)5-14-11(9)17-12/h4-5,7H,3,6H2,1-2H3,(H,15,18)(H,14,16,17)/t7-/m0/s1. The summed E-state index contributed by atoms with van der Waals surface area (Å²) in [5, 5.41) is 4.13. The Morgan fingerprint density at radius 2 is 2.42 bits per heavy atom. The number of aromatic amines is 1. The Labute approximate surface area is 120 Å². The van der Waals surface area contributed by atoms with Crippen LogP contribution in [0.2, 0.25) is 5.02 Å². The van der Waals surface area contributed by atoms with E-state index in [9.17, 15) is 4.79 Å². The van der Waals surface area contributed by atoms with Crippen molar-refractivity contribution in [2.75, 3.05) is 5.75 Å². The number of halogens is 1. The van der Waals surface area contributed by atoms with Gasteiger partial charge in [-0.2, -0.15) is 0 Å². The first-order chi connectivity index (χ1) is 9.08. The van der Waals surface area contributed by atoms with Gasteiger partial charge in [-0.1, -0.05) is 30.3 Å². The molecule has 7 heteroatoms. The monoisotopic (exact) mass is 298 g/mol. The molecule has 0 aliphatic heterocycles. The van der Waals surface area contributed by atoms with Crippen LogP contribution in [0, 0.1) is 0 Å². The smallest absolute Gasteiger partial charge is 0.230 e. The van der Waals surface area contributed by atoms with Crippen LogP contribution in [-0.4, -0.2) is 32.7 Å². The summed E-state index contributed by atoms with van der Waals surface area (Å²) >= 11 is 7.20. The maximum Gasteiger partial charge on any atom is 0.230 e. The number of carbonyl (C=O) groups excluding carboxylic acids is 1. The van der Waals surface area contributed by atoms with Crippen molar-refractivity contribution < 1.29 is 4.79 Å². The van der Waals surface area contributed by atoms with Crippen LogP contribution < -0.4 is 5.32 Å². The molecule has 0 aliphatic carbocycles. The number of hydrogen-bond donors (Lipinski definition) is 2. The number of H-pyrrole nitrogens is 1. The second-order valence-electron chi connectivity index (χ2n) is 4.23. The van der Waals surface area contributed by atoms with Crippen molar-refractivity contribution in [1.29, 1.82) is 0 Å². The first kappa shape index (κ1) is 14.1. The minimum atomic E-state index is 0.00537. The van der Waals surface area contributed by atoms with E-state index >= 15 is 0 Å². The molecule has 0 fully saturated rings. The largest absolute Gasteiger partial charge is 0.353 e. The highest BCUT2D eigenvalue weighted by atomic mass is 35.5. The average Bonchev–Trinajstić information content (AvgIpc) is 2.78. The zero-order chi connectivity index (χ0) is 13.8. The fourth-order valence-corrected chi connectivity index (χ4v) is 2.32. The van der Waals surface area contributed by atoms with Gasteiger partial charge < -0.3 is 10.3 Å². The Bertz CT molecular complexity index is 586. The molecule has 5 nitrogen and oxygen atoms in total. The number of nitrogens with one attached hydrogen (secondary N) is 2. The van der Waals surface area contributed by atoms with Crippen molar-refractivity contribution in [3.8, 4) is 0 Å². The van der Waals surface area contributed by atoms with Crippen LogP contribution in [0.4, 0.5) is 0 Å². The third-order valence-electron chi connectivity index (χ3n) is 2.64. The Kier molecular flexibility index (Phi) is 4.66. The predicted octanol–water partition coefficient (Wildman–Crippen LogP) is 2.62. The van der Waals surface area contributed by atoms with Gasteiger partial charge in [0.25, 0.3) is 0 Å². The highest BCUT2D eigenvalue weighted by Crippen LogP contribution is 2.20. The lowest BCUT2D eigenvalue weighted by molar-refractivity contribution is -0.119. The van der Waals surface area contributed by atoms with E-state index in [2.05, 4.69) is 20.3 Å². The summed E-state index contributed by atoms with van der Waals surface area (Å²) in [6.45, 7) is 4.02. The number of thioether (sulfide) groups is 1. The quantitative estimate of drug-likeness (QED) is 0.833. The van der Waals surface area contributed by atoms with Crippen LogP contribution in [0.25, 0.3) is 11.2 Å². The summed E-state index contributed by atoms with van der Waals surface area (Å²) < 4.78 is 0. The minimum Gasteiger partial charge on any atom is -0.353 e. The van der Waals surface area contributed by atoms with Crippen molar-refractivity contribution >= 4 is 40.4 Å². The average molecular weight is 299 g/mol. The van der Waals surface area contributed by atoms with Crippen molar-refractivity contribution in [3.05, 3.63) is 17.3 Å². The third-order valence-corrected chi connectivity index (χ3v) is 3.72. The number of rotatable bonds is 5. The highest BCUT2D eigenvalue weighted by Gasteiger charge is 2.09. The summed E-state index contributed by atoms with van der Waals surface area (Å²) in [5.74, 6) is 0.337. The van der Waals surface area contributed by atoms with Crippen molar-refractivity contribution in [2.24, 2.45) is 0 Å². The summed E-state index contributed by atoms with van der Waals surface area (Å²) in [6.07, 6.45) is 2.47. The zero-order valence-corrected chi connectivity index (χ0v) is 12.3. The number of carbonyl (C=O) groups is 1. The molecule has 0 aliphatic rings. The Hall–Kier alpha value is -1.27. The molecule has 0 unspecified atom stereocenters. The van der Waals surface area contributed by atoms with Gasteiger partial charge in [-0.3, -0.25) is 4.79 Å². The fraction of sp³-hybridized carbons (Fsp3) is 0.417. The summed E-state index contributed by atoms with van der Waals surface area (Å²) in [6, 6.07) is 1.96. The van der Waals surface area contributed by atoms with Crippen LogP contribution in [0.15, 0.2) is 17.4 Å². The topological polar surface area (TPSA) is 70.7 Å². The van der Waals surface area contributed by atoms with Gasteiger partial charge in [0.15, 0.2) is 10.8 Å². The molecule has 102 valence electrons. The molecule has 19 heavy (non-hydrogen) atoms. The first-order valence-corrected chi connectivity index (χ1v) is 7.38. The van der Waals surface area contributed by atoms with Gasteiger partial charge in [-0.15, -0.1) is 0 Å². The van der Waals surface area contributed by atoms with Crippen LogP contribution in [0.5, 0.6) is 0 Å². The van der Waals surface area contributed by atoms with E-state index < -0.39 is 0 Å². The summed E-state index contributed by atoms with van der Waals surface area (Å²) in [7, 11) is 0. The van der Waals surface area contributed by atoms with Gasteiger partial charge >= 0.3 is 0 Å². The molecule has 2 N–H and O–H groups in total. The van der Waals surface area contributed by atoms with Crippen LogP contribution >= 0.6 is 23.4 Å². The molecule has 0 saturated heterocycles. The number of hydrogen-bond acceptors (Lipinski definition) is 4. The fourth-order valence-electron chi connectivity index (χ4n) is 1.47. The molecule has 2 aromatic heterocycles. The Balaban J connectivity index is 1.96. The Morgan fingerprint density at radius 3 is 3.16 bits per heavy atom. The number of imidazole rings is 1. The maximum atomic E-state index is 11.6. The number of amides is 1. The van der Waals surface area contributed by atoms with E-state index in [0.717, 1.165) is 11.9 Å². The lowest BCUT2D eigenvalue weighted by atomic mass is 10.3. The number of aromatic nitrogens is 3. The SMILES string of the molecule is CC[C@H](C)NC(=O)CSc1nc2ncc(Cl)cc2[nH]1. The van der Waals surface area contributed by atoms with Crippen molar-refractivity contribution in [2.45, 2.75) is 31.5 Å². The van der Waals surface area contributed by atoms with Crippen molar-refractivity contribution in [1.82, 2.24) is 20.3 Å². The summed E-state index contributed by atoms with van der Waals surface area (Å²) in [5.41, 5.74) is 1.38. The van der Waals surface area contributed by atoms with Gasteiger partial charge in [-0.25, -0.2) is 9.97 Å². The normalized spacial score (nSPS) is 12.6. The van der Waals surface area contributed by atoms with Crippen molar-refractivity contribution in [3.63, 3.8) is 0 Å². The lowest BCUT2D eigenvalue weighted by Crippen LogP contribution is -2.33. The van der Waals surface area contributed by atoms with E-state index in [1.165, 1.54) is 11.8 Å². The van der Waals surface area contributed by atoms with Gasteiger partial charge in [0.1, 0.15) is 0 Å². The molecule has 0 aromatic carbocycles. The molecule has 0 saturated carbocycles. The molecule has 1 atom stereocenters. The van der Waals surface area contributed by atoms with Gasteiger partial charge in [-0.05, 0) is 19.4 Å². The molecule has 2 rings (SSSR count). The zero-order valence-electron chi connectivity index (χ0n) is 10.7. The second-order valence-corrected chi connectivity index (χ2v) is 5.63. The number of pyridine rings is 1. The minimum absolute atomic E-state index is 0.00537. The van der Waals surface area contributed by atoms with E-state index in [0.29, 0.717) is 21.6 Å². The van der Waals surface area contributed by atoms with Gasteiger partial charge in [0.2, 0.25) is 5.91 Å². The maximum absolute atomic E-state index is 11.6. The second kappa shape index (κ2) is 6.25. The number of fused-ring (bicyclic) bond motifs is 1. The van der Waals surface area contributed by atoms with E-state index in [4.69, 9.17) is 11.6 Å². The summed E-state index contributed by atoms with van der Waals surface area (Å²) in [4.78, 5) is 23.1. The first-order valence-electron chi connectivity index (χ1n) is 6.02. The third kappa shape index (κ3) is 3.84. The Morgan fingerprint density at radius 1 is 1.63 bits per heavy atom. The van der Waals surface area contributed by atoms with Gasteiger partial charge in [0.05, 0.1) is 16.3 Å². The predicted molar refractivity (Wildman–Crippen MR) is 77.5 cm³/mol. The number of nitrogens with zero attached hydrogens (tertiary/aromatic N) is 2. The van der Waals surface area contributed by atoms with E-state index in [1.807, 2.05) is 13.8 Å². The molecular weight excluding hydrogens is 284 g/mol. The van der Waals surface area contributed by atoms with Crippen LogP contribution in [-0.2, 0) is 4.79 Å². The van der Waals surface area contributed by atoms with Crippen LogP contribution in [0.1, 0.15) is 20.3 Å². The molecular formula is C12H15ClN4OS. The van der Waals surface area contributed by atoms with Crippen LogP contribution in [0.3, 0.4) is 0 Å². The van der Waals surface area contributed by atoms with E-state index in [-0.39, 0.29) is 11.9 Å². The lowest BCUT2D eigenvalue weighted by Gasteiger charge is -2.10. The molecule has 1 amide bonds. The molecule has 2 heterocycles. The molecule has 0 bridgehead atoms. The van der Waals surface area contributed by atoms with E-state index in [1.54, 1.807) is 12.3 Å². The molecule has 2 aromatic rings. The van der Waals surface area contributed by atoms with Gasteiger partial charge in [0, 0.05) is 12.2 Å². The molecule has 0 radical (unpaired) electrons. The highest BCUT2D eigenvalue weighted by molar-refractivity contribution is 7.99. The molecule has 0 spiro atoms.